The normalized spacial score (nSPS) is 13.3. The van der Waals surface area contributed by atoms with Gasteiger partial charge in [0, 0.05) is 0 Å². The van der Waals surface area contributed by atoms with Crippen LogP contribution >= 0.6 is 0 Å². The maximum atomic E-state index is 13.6. The minimum Gasteiger partial charge on any atom is -0.507 e. The Bertz CT molecular complexity index is 1680. The number of carbonyl (C=O) groups is 2. The molecule has 4 aromatic carbocycles. The van der Waals surface area contributed by atoms with E-state index in [1.807, 2.05) is 26.0 Å². The van der Waals surface area contributed by atoms with Crippen molar-refractivity contribution in [3.63, 3.8) is 0 Å². The highest BCUT2D eigenvalue weighted by Gasteiger charge is 2.37. The van der Waals surface area contributed by atoms with Crippen LogP contribution in [0.2, 0.25) is 0 Å². The van der Waals surface area contributed by atoms with Crippen molar-refractivity contribution in [2.45, 2.75) is 26.7 Å². The molecule has 0 spiro atoms. The van der Waals surface area contributed by atoms with Crippen LogP contribution in [0.5, 0.6) is 34.5 Å². The number of phenols is 4. The number of benzene rings is 4. The number of ether oxygens (including phenoxy) is 2. The first-order valence-corrected chi connectivity index (χ1v) is 12.7. The summed E-state index contributed by atoms with van der Waals surface area (Å²) in [6.07, 6.45) is 0.522. The third-order valence-electron chi connectivity index (χ3n) is 7.74. The Morgan fingerprint density at radius 3 is 1.23 bits per heavy atom. The summed E-state index contributed by atoms with van der Waals surface area (Å²) in [7, 11) is 2.78. The maximum absolute atomic E-state index is 13.6. The first-order chi connectivity index (χ1) is 19.0. The van der Waals surface area contributed by atoms with E-state index in [1.165, 1.54) is 26.4 Å². The third kappa shape index (κ3) is 3.45. The molecule has 0 aliphatic heterocycles. The average Bonchev–Trinajstić information content (AvgIpc) is 2.87. The zero-order valence-corrected chi connectivity index (χ0v) is 22.3. The monoisotopic (exact) mass is 538 g/mol. The summed E-state index contributed by atoms with van der Waals surface area (Å²) in [5, 5.41) is 44.4. The van der Waals surface area contributed by atoms with Crippen molar-refractivity contribution >= 4 is 11.6 Å². The number of phenolic OH excluding ortho intramolecular Hbond substituents is 4. The van der Waals surface area contributed by atoms with Gasteiger partial charge in [0.1, 0.15) is 34.5 Å². The molecular weight excluding hydrogens is 512 g/mol. The van der Waals surface area contributed by atoms with Crippen molar-refractivity contribution in [2.75, 3.05) is 14.2 Å². The molecule has 0 atom stereocenters. The standard InChI is InChI=1S/C32H26O8/c1-13-5-15-9-17-11-21(39-3)27(31(37)25(17)29(35)23(15)19(33)7-13)28-22(40-4)12-18-10-16-6-14(2)8-20(34)24(16)30(36)26(18)32(28)38/h5-8,11-12,33-34,37-38H,9-10H2,1-4H3. The molecule has 8 heteroatoms. The minimum absolute atomic E-state index is 0.0338. The second-order valence-electron chi connectivity index (χ2n) is 10.3. The van der Waals surface area contributed by atoms with Gasteiger partial charge in [0.25, 0.3) is 0 Å². The molecule has 40 heavy (non-hydrogen) atoms. The molecule has 0 heterocycles. The first kappa shape index (κ1) is 25.3. The summed E-state index contributed by atoms with van der Waals surface area (Å²) in [4.78, 5) is 27.3. The summed E-state index contributed by atoms with van der Waals surface area (Å²) in [5.74, 6) is -2.15. The molecule has 0 bridgehead atoms. The van der Waals surface area contributed by atoms with Crippen LogP contribution in [0.15, 0.2) is 36.4 Å². The van der Waals surface area contributed by atoms with Gasteiger partial charge in [0.05, 0.1) is 47.6 Å². The van der Waals surface area contributed by atoms with Crippen LogP contribution in [0, 0.1) is 13.8 Å². The fraction of sp³-hybridized carbons (Fsp3) is 0.188. The van der Waals surface area contributed by atoms with E-state index in [2.05, 4.69) is 0 Å². The Hall–Kier alpha value is -4.98. The highest BCUT2D eigenvalue weighted by Crippen LogP contribution is 2.54. The predicted molar refractivity (Wildman–Crippen MR) is 146 cm³/mol. The molecular formula is C32H26O8. The molecule has 6 rings (SSSR count). The summed E-state index contributed by atoms with van der Waals surface area (Å²) < 4.78 is 11.2. The lowest BCUT2D eigenvalue weighted by molar-refractivity contribution is 0.102. The number of methoxy groups -OCH3 is 2. The number of hydrogen-bond donors (Lipinski definition) is 4. The zero-order valence-electron chi connectivity index (χ0n) is 22.3. The number of hydrogen-bond acceptors (Lipinski definition) is 8. The summed E-state index contributed by atoms with van der Waals surface area (Å²) in [5.41, 5.74) is 3.86. The lowest BCUT2D eigenvalue weighted by Crippen LogP contribution is -2.18. The molecule has 8 nitrogen and oxygen atoms in total. The Labute approximate surface area is 229 Å². The Kier molecular flexibility index (Phi) is 5.55. The second-order valence-corrected chi connectivity index (χ2v) is 10.3. The van der Waals surface area contributed by atoms with Crippen molar-refractivity contribution in [1.82, 2.24) is 0 Å². The van der Waals surface area contributed by atoms with Crippen LogP contribution in [-0.2, 0) is 12.8 Å². The van der Waals surface area contributed by atoms with E-state index in [-0.39, 0.29) is 69.2 Å². The lowest BCUT2D eigenvalue weighted by atomic mass is 9.79. The molecule has 0 fully saturated rings. The summed E-state index contributed by atoms with van der Waals surface area (Å²) >= 11 is 0. The second kappa shape index (κ2) is 8.77. The predicted octanol–water partition coefficient (Wildman–Crippen LogP) is 5.08. The van der Waals surface area contributed by atoms with Gasteiger partial charge in [-0.2, -0.15) is 0 Å². The Morgan fingerprint density at radius 1 is 0.525 bits per heavy atom. The van der Waals surface area contributed by atoms with Crippen LogP contribution in [0.3, 0.4) is 0 Å². The quantitative estimate of drug-likeness (QED) is 0.245. The number of fused-ring (bicyclic) bond motifs is 4. The van der Waals surface area contributed by atoms with Crippen LogP contribution < -0.4 is 9.47 Å². The molecule has 4 aromatic rings. The van der Waals surface area contributed by atoms with Crippen molar-refractivity contribution in [2.24, 2.45) is 0 Å². The van der Waals surface area contributed by atoms with Crippen molar-refractivity contribution in [3.05, 3.63) is 92.0 Å². The molecule has 0 saturated heterocycles. The van der Waals surface area contributed by atoms with Gasteiger partial charge in [-0.1, -0.05) is 12.1 Å². The van der Waals surface area contributed by atoms with E-state index >= 15 is 0 Å². The van der Waals surface area contributed by atoms with Crippen molar-refractivity contribution < 1.29 is 39.5 Å². The summed E-state index contributed by atoms with van der Waals surface area (Å²) in [6.45, 7) is 3.62. The van der Waals surface area contributed by atoms with E-state index in [4.69, 9.17) is 9.47 Å². The minimum atomic E-state index is -0.572. The topological polar surface area (TPSA) is 134 Å². The Morgan fingerprint density at radius 2 is 0.875 bits per heavy atom. The summed E-state index contributed by atoms with van der Waals surface area (Å²) in [6, 6.07) is 9.81. The number of ketones is 2. The van der Waals surface area contributed by atoms with E-state index < -0.39 is 23.1 Å². The van der Waals surface area contributed by atoms with Gasteiger partial charge in [0.2, 0.25) is 11.6 Å². The van der Waals surface area contributed by atoms with E-state index in [0.717, 1.165) is 11.1 Å². The molecule has 0 aromatic heterocycles. The van der Waals surface area contributed by atoms with Crippen LogP contribution in [0.4, 0.5) is 0 Å². The molecule has 0 saturated carbocycles. The molecule has 0 amide bonds. The molecule has 0 unspecified atom stereocenters. The number of aryl methyl sites for hydroxylation is 2. The fourth-order valence-corrected chi connectivity index (χ4v) is 6.13. The van der Waals surface area contributed by atoms with Gasteiger partial charge in [-0.3, -0.25) is 9.59 Å². The lowest BCUT2D eigenvalue weighted by Gasteiger charge is -2.26. The van der Waals surface area contributed by atoms with E-state index in [9.17, 15) is 30.0 Å². The highest BCUT2D eigenvalue weighted by atomic mass is 16.5. The largest absolute Gasteiger partial charge is 0.507 e. The zero-order chi connectivity index (χ0) is 28.6. The molecule has 202 valence electrons. The number of carbonyl (C=O) groups excluding carboxylic acids is 2. The van der Waals surface area contributed by atoms with Crippen LogP contribution in [0.1, 0.15) is 65.2 Å². The van der Waals surface area contributed by atoms with Gasteiger partial charge >= 0.3 is 0 Å². The Balaban J connectivity index is 1.61. The fourth-order valence-electron chi connectivity index (χ4n) is 6.13. The maximum Gasteiger partial charge on any atom is 0.201 e. The van der Waals surface area contributed by atoms with Gasteiger partial charge in [-0.25, -0.2) is 0 Å². The van der Waals surface area contributed by atoms with E-state index in [1.54, 1.807) is 12.1 Å². The first-order valence-electron chi connectivity index (χ1n) is 12.7. The van der Waals surface area contributed by atoms with E-state index in [0.29, 0.717) is 22.3 Å². The number of aromatic hydroxyl groups is 4. The van der Waals surface area contributed by atoms with Crippen LogP contribution in [-0.4, -0.2) is 46.2 Å². The van der Waals surface area contributed by atoms with Gasteiger partial charge in [0.15, 0.2) is 0 Å². The third-order valence-corrected chi connectivity index (χ3v) is 7.74. The number of rotatable bonds is 3. The molecule has 2 aliphatic carbocycles. The van der Waals surface area contributed by atoms with Gasteiger partial charge in [-0.15, -0.1) is 0 Å². The molecule has 4 N–H and O–H groups in total. The van der Waals surface area contributed by atoms with Crippen molar-refractivity contribution in [1.29, 1.82) is 0 Å². The highest BCUT2D eigenvalue weighted by molar-refractivity contribution is 6.19. The van der Waals surface area contributed by atoms with Gasteiger partial charge in [-0.05, 0) is 84.3 Å². The SMILES string of the molecule is COc1cc2c(c(O)c1-c1c(OC)cc3c(c1O)C(=O)c1c(O)cc(C)cc1C3)C(=O)c1c(O)cc(C)cc1C2. The van der Waals surface area contributed by atoms with Crippen molar-refractivity contribution in [3.8, 4) is 45.6 Å². The smallest absolute Gasteiger partial charge is 0.201 e. The van der Waals surface area contributed by atoms with Crippen LogP contribution in [0.25, 0.3) is 11.1 Å². The molecule has 0 radical (unpaired) electrons. The molecule has 2 aliphatic rings. The average molecular weight is 539 g/mol. The van der Waals surface area contributed by atoms with Gasteiger partial charge < -0.3 is 29.9 Å².